The van der Waals surface area contributed by atoms with E-state index in [1.807, 2.05) is 55.5 Å². The van der Waals surface area contributed by atoms with Crippen LogP contribution >= 0.6 is 15.9 Å². The first-order valence-electron chi connectivity index (χ1n) is 9.26. The molecule has 2 aromatic heterocycles. The Morgan fingerprint density at radius 2 is 1.80 bits per heavy atom. The standard InChI is InChI=1S/C23H18BrN5O/c1-15-4-9-20(27-22(30)16-5-7-18(24)8-6-16)21(13-15)29-23-26-12-10-19(28-23)17-3-2-11-25-14-17/h2-14H,1H3,(H,27,30)(H,26,28,29). The summed E-state index contributed by atoms with van der Waals surface area (Å²) in [6.07, 6.45) is 5.16. The molecule has 6 nitrogen and oxygen atoms in total. The molecule has 0 saturated carbocycles. The van der Waals surface area contributed by atoms with Crippen LogP contribution < -0.4 is 10.6 Å². The molecule has 0 saturated heterocycles. The molecule has 2 heterocycles. The van der Waals surface area contributed by atoms with Gasteiger partial charge < -0.3 is 10.6 Å². The predicted octanol–water partition coefficient (Wildman–Crippen LogP) is 5.61. The van der Waals surface area contributed by atoms with E-state index in [1.165, 1.54) is 0 Å². The van der Waals surface area contributed by atoms with Crippen LogP contribution in [0.3, 0.4) is 0 Å². The van der Waals surface area contributed by atoms with Crippen LogP contribution in [0.25, 0.3) is 11.3 Å². The number of nitrogens with one attached hydrogen (secondary N) is 2. The Morgan fingerprint density at radius 1 is 0.967 bits per heavy atom. The molecule has 0 unspecified atom stereocenters. The van der Waals surface area contributed by atoms with Gasteiger partial charge in [0.1, 0.15) is 0 Å². The minimum Gasteiger partial charge on any atom is -0.322 e. The molecular formula is C23H18BrN5O. The Bertz CT molecular complexity index is 1180. The summed E-state index contributed by atoms with van der Waals surface area (Å²) in [5.41, 5.74) is 4.62. The topological polar surface area (TPSA) is 79.8 Å². The Hall–Kier alpha value is -3.58. The fourth-order valence-corrected chi connectivity index (χ4v) is 3.15. The highest BCUT2D eigenvalue weighted by molar-refractivity contribution is 9.10. The first-order valence-corrected chi connectivity index (χ1v) is 10.1. The third-order valence-corrected chi connectivity index (χ3v) is 4.92. The minimum absolute atomic E-state index is 0.195. The monoisotopic (exact) mass is 459 g/mol. The quantitative estimate of drug-likeness (QED) is 0.405. The van der Waals surface area contributed by atoms with Gasteiger partial charge in [-0.25, -0.2) is 9.97 Å². The van der Waals surface area contributed by atoms with Gasteiger partial charge in [-0.05, 0) is 67.1 Å². The van der Waals surface area contributed by atoms with Crippen LogP contribution in [0.1, 0.15) is 15.9 Å². The minimum atomic E-state index is -0.195. The second-order valence-electron chi connectivity index (χ2n) is 6.64. The van der Waals surface area contributed by atoms with Crippen molar-refractivity contribution in [2.45, 2.75) is 6.92 Å². The molecule has 2 aromatic carbocycles. The van der Waals surface area contributed by atoms with Gasteiger partial charge in [0.2, 0.25) is 5.95 Å². The Morgan fingerprint density at radius 3 is 2.57 bits per heavy atom. The summed E-state index contributed by atoms with van der Waals surface area (Å²) >= 11 is 3.38. The van der Waals surface area contributed by atoms with Crippen LogP contribution in [0.4, 0.5) is 17.3 Å². The van der Waals surface area contributed by atoms with E-state index >= 15 is 0 Å². The number of aryl methyl sites for hydroxylation is 1. The normalized spacial score (nSPS) is 10.5. The smallest absolute Gasteiger partial charge is 0.255 e. The zero-order valence-corrected chi connectivity index (χ0v) is 17.7. The summed E-state index contributed by atoms with van der Waals surface area (Å²) < 4.78 is 0.919. The van der Waals surface area contributed by atoms with Gasteiger partial charge in [-0.2, -0.15) is 0 Å². The first kappa shape index (κ1) is 19.7. The van der Waals surface area contributed by atoms with Crippen molar-refractivity contribution in [3.05, 3.63) is 94.9 Å². The van der Waals surface area contributed by atoms with Crippen molar-refractivity contribution in [2.75, 3.05) is 10.6 Å². The highest BCUT2D eigenvalue weighted by Crippen LogP contribution is 2.27. The van der Waals surface area contributed by atoms with Crippen LogP contribution in [0.2, 0.25) is 0 Å². The number of hydrogen-bond acceptors (Lipinski definition) is 5. The third-order valence-electron chi connectivity index (χ3n) is 4.39. The van der Waals surface area contributed by atoms with Crippen LogP contribution in [-0.2, 0) is 0 Å². The molecule has 0 aliphatic rings. The zero-order chi connectivity index (χ0) is 20.9. The molecular weight excluding hydrogens is 442 g/mol. The summed E-state index contributed by atoms with van der Waals surface area (Å²) in [6.45, 7) is 1.98. The molecule has 2 N–H and O–H groups in total. The van der Waals surface area contributed by atoms with Gasteiger partial charge in [-0.3, -0.25) is 9.78 Å². The molecule has 4 rings (SSSR count). The van der Waals surface area contributed by atoms with E-state index in [4.69, 9.17) is 0 Å². The highest BCUT2D eigenvalue weighted by Gasteiger charge is 2.11. The van der Waals surface area contributed by atoms with Crippen LogP contribution in [-0.4, -0.2) is 20.9 Å². The van der Waals surface area contributed by atoms with E-state index in [-0.39, 0.29) is 5.91 Å². The van der Waals surface area contributed by atoms with Gasteiger partial charge in [0, 0.05) is 34.2 Å². The van der Waals surface area contributed by atoms with E-state index < -0.39 is 0 Å². The average molecular weight is 460 g/mol. The van der Waals surface area contributed by atoms with Gasteiger partial charge in [0.15, 0.2) is 0 Å². The molecule has 0 aliphatic carbocycles. The summed E-state index contributed by atoms with van der Waals surface area (Å²) in [5, 5.41) is 6.18. The molecule has 0 aliphatic heterocycles. The SMILES string of the molecule is Cc1ccc(NC(=O)c2ccc(Br)cc2)c(Nc2nccc(-c3cccnc3)n2)c1. The molecule has 148 valence electrons. The summed E-state index contributed by atoms with van der Waals surface area (Å²) in [5.74, 6) is 0.237. The van der Waals surface area contributed by atoms with Crippen molar-refractivity contribution in [3.8, 4) is 11.3 Å². The number of hydrogen-bond donors (Lipinski definition) is 2. The Kier molecular flexibility index (Phi) is 5.81. The maximum absolute atomic E-state index is 12.7. The molecule has 0 bridgehead atoms. The van der Waals surface area contributed by atoms with Crippen molar-refractivity contribution in [1.29, 1.82) is 0 Å². The molecule has 7 heteroatoms. The van der Waals surface area contributed by atoms with Crippen LogP contribution in [0.15, 0.2) is 83.7 Å². The maximum Gasteiger partial charge on any atom is 0.255 e. The number of halogens is 1. The molecule has 30 heavy (non-hydrogen) atoms. The van der Waals surface area contributed by atoms with E-state index in [9.17, 15) is 4.79 Å². The third kappa shape index (κ3) is 4.69. The van der Waals surface area contributed by atoms with Gasteiger partial charge in [-0.1, -0.05) is 22.0 Å². The zero-order valence-electron chi connectivity index (χ0n) is 16.1. The maximum atomic E-state index is 12.7. The van der Waals surface area contributed by atoms with E-state index in [0.717, 1.165) is 21.3 Å². The van der Waals surface area contributed by atoms with Gasteiger partial charge in [0.05, 0.1) is 17.1 Å². The average Bonchev–Trinajstić information content (AvgIpc) is 2.77. The van der Waals surface area contributed by atoms with Crippen LogP contribution in [0.5, 0.6) is 0 Å². The van der Waals surface area contributed by atoms with Crippen molar-refractivity contribution >= 4 is 39.2 Å². The van der Waals surface area contributed by atoms with Gasteiger partial charge in [0.25, 0.3) is 5.91 Å². The summed E-state index contributed by atoms with van der Waals surface area (Å²) in [4.78, 5) is 25.7. The second kappa shape index (κ2) is 8.84. The first-order chi connectivity index (χ1) is 14.6. The number of anilines is 3. The number of carbonyl (C=O) groups excluding carboxylic acids is 1. The van der Waals surface area contributed by atoms with Gasteiger partial charge in [-0.15, -0.1) is 0 Å². The molecule has 0 radical (unpaired) electrons. The molecule has 0 atom stereocenters. The van der Waals surface area contributed by atoms with Crippen molar-refractivity contribution in [3.63, 3.8) is 0 Å². The second-order valence-corrected chi connectivity index (χ2v) is 7.56. The number of amides is 1. The summed E-state index contributed by atoms with van der Waals surface area (Å²) in [6, 6.07) is 18.6. The Balaban J connectivity index is 1.60. The van der Waals surface area contributed by atoms with E-state index in [2.05, 4.69) is 41.5 Å². The molecule has 4 aromatic rings. The number of pyridine rings is 1. The molecule has 0 fully saturated rings. The van der Waals surface area contributed by atoms with Gasteiger partial charge >= 0.3 is 0 Å². The number of nitrogens with zero attached hydrogens (tertiary/aromatic N) is 3. The fraction of sp³-hybridized carbons (Fsp3) is 0.0435. The number of aromatic nitrogens is 3. The van der Waals surface area contributed by atoms with E-state index in [0.29, 0.717) is 22.9 Å². The molecule has 0 spiro atoms. The lowest BCUT2D eigenvalue weighted by molar-refractivity contribution is 0.102. The predicted molar refractivity (Wildman–Crippen MR) is 122 cm³/mol. The van der Waals surface area contributed by atoms with Crippen molar-refractivity contribution < 1.29 is 4.79 Å². The lowest BCUT2D eigenvalue weighted by Gasteiger charge is -2.14. The number of carbonyl (C=O) groups is 1. The lowest BCUT2D eigenvalue weighted by Crippen LogP contribution is -2.13. The lowest BCUT2D eigenvalue weighted by atomic mass is 10.1. The Labute approximate surface area is 182 Å². The highest BCUT2D eigenvalue weighted by atomic mass is 79.9. The molecule has 1 amide bonds. The number of rotatable bonds is 5. The largest absolute Gasteiger partial charge is 0.322 e. The van der Waals surface area contributed by atoms with Crippen molar-refractivity contribution in [1.82, 2.24) is 15.0 Å². The van der Waals surface area contributed by atoms with E-state index in [1.54, 1.807) is 30.7 Å². The van der Waals surface area contributed by atoms with Crippen LogP contribution in [0, 0.1) is 6.92 Å². The van der Waals surface area contributed by atoms with Crippen molar-refractivity contribution in [2.24, 2.45) is 0 Å². The summed E-state index contributed by atoms with van der Waals surface area (Å²) in [7, 11) is 0. The fourth-order valence-electron chi connectivity index (χ4n) is 2.88. The number of benzene rings is 2.